The van der Waals surface area contributed by atoms with E-state index in [1.54, 1.807) is 13.0 Å². The molecule has 0 saturated carbocycles. The first-order valence-corrected chi connectivity index (χ1v) is 14.8. The van der Waals surface area contributed by atoms with Gasteiger partial charge >= 0.3 is 12.2 Å². The molecule has 3 aromatic heterocycles. The molecular weight excluding hydrogens is 581 g/mol. The van der Waals surface area contributed by atoms with Crippen molar-refractivity contribution in [1.82, 2.24) is 30.6 Å². The smallest absolute Gasteiger partial charge is 0.338 e. The van der Waals surface area contributed by atoms with Crippen LogP contribution in [0.15, 0.2) is 29.9 Å². The molecule has 5 N–H and O–H groups in total. The Morgan fingerprint density at radius 1 is 1.07 bits per heavy atom. The zero-order valence-corrected chi connectivity index (χ0v) is 25.8. The summed E-state index contributed by atoms with van der Waals surface area (Å²) in [6.45, 7) is 10.9. The maximum Gasteiger partial charge on any atom is 0.434 e. The van der Waals surface area contributed by atoms with E-state index in [1.807, 2.05) is 0 Å². The summed E-state index contributed by atoms with van der Waals surface area (Å²) in [6, 6.07) is 2.58. The molecule has 3 amide bonds. The molecule has 4 heterocycles. The van der Waals surface area contributed by atoms with E-state index in [1.165, 1.54) is 18.5 Å². The number of hydrogen-bond donors (Lipinski definition) is 4. The summed E-state index contributed by atoms with van der Waals surface area (Å²) >= 11 is 0.820. The summed E-state index contributed by atoms with van der Waals surface area (Å²) in [5, 5.41) is 6.22. The molecule has 14 heteroatoms. The lowest BCUT2D eigenvalue weighted by atomic mass is 9.72. The number of aromatic nitrogens is 3. The van der Waals surface area contributed by atoms with E-state index in [-0.39, 0.29) is 33.4 Å². The van der Waals surface area contributed by atoms with Gasteiger partial charge in [0.25, 0.3) is 5.91 Å². The lowest BCUT2D eigenvalue weighted by molar-refractivity contribution is -0.140. The number of amides is 3. The highest BCUT2D eigenvalue weighted by molar-refractivity contribution is 7.13. The number of likely N-dealkylation sites (tertiary alicyclic amines) is 1. The van der Waals surface area contributed by atoms with Crippen molar-refractivity contribution in [1.29, 1.82) is 0 Å². The average Bonchev–Trinajstić information content (AvgIpc) is 3.43. The van der Waals surface area contributed by atoms with Gasteiger partial charge in [-0.05, 0) is 79.0 Å². The second-order valence-electron chi connectivity index (χ2n) is 12.0. The predicted octanol–water partition coefficient (Wildman–Crippen LogP) is 5.47. The normalized spacial score (nSPS) is 17.0. The largest absolute Gasteiger partial charge is 0.434 e. The summed E-state index contributed by atoms with van der Waals surface area (Å²) in [5.74, 6) is 5.19. The van der Waals surface area contributed by atoms with Crippen LogP contribution in [0.3, 0.4) is 0 Å². The van der Waals surface area contributed by atoms with Crippen LogP contribution in [-0.2, 0) is 12.6 Å². The third-order valence-electron chi connectivity index (χ3n) is 8.04. The number of halogens is 3. The number of nitrogens with zero attached hydrogens (tertiary/aromatic N) is 4. The van der Waals surface area contributed by atoms with Crippen molar-refractivity contribution < 1.29 is 22.8 Å². The van der Waals surface area contributed by atoms with Gasteiger partial charge in [0.1, 0.15) is 10.8 Å². The zero-order chi connectivity index (χ0) is 31.7. The molecule has 1 saturated heterocycles. The molecule has 1 aliphatic rings. The number of piperidine rings is 1. The summed E-state index contributed by atoms with van der Waals surface area (Å²) in [4.78, 5) is 40.0. The predicted molar refractivity (Wildman–Crippen MR) is 160 cm³/mol. The van der Waals surface area contributed by atoms with Crippen LogP contribution < -0.4 is 21.9 Å². The lowest BCUT2D eigenvalue weighted by Crippen LogP contribution is -2.58. The van der Waals surface area contributed by atoms with Crippen LogP contribution in [0.4, 0.5) is 23.8 Å². The molecule has 10 nitrogen and oxygen atoms in total. The number of thiazole rings is 1. The number of hydrogen-bond acceptors (Lipinski definition) is 8. The van der Waals surface area contributed by atoms with Crippen LogP contribution in [0, 0.1) is 5.92 Å². The summed E-state index contributed by atoms with van der Waals surface area (Å²) < 4.78 is 40.6. The quantitative estimate of drug-likeness (QED) is 0.156. The van der Waals surface area contributed by atoms with Gasteiger partial charge < -0.3 is 5.32 Å². The minimum absolute atomic E-state index is 0.0739. The summed E-state index contributed by atoms with van der Waals surface area (Å²) in [6.07, 6.45) is 0.602. The molecule has 232 valence electrons. The number of carbonyl (C=O) groups excluding carboxylic acids is 2. The van der Waals surface area contributed by atoms with E-state index in [4.69, 9.17) is 5.84 Å². The van der Waals surface area contributed by atoms with Crippen LogP contribution in [-0.4, -0.2) is 56.5 Å². The Hall–Kier alpha value is -3.62. The minimum Gasteiger partial charge on any atom is -0.338 e. The maximum absolute atomic E-state index is 13.5. The Kier molecular flexibility index (Phi) is 9.14. The standard InChI is InChI=1S/C29H37F3N8O2S/c1-7-34-26(42)38-23-10-19(25-37-22(15-43-25)29(30,31)32)20(14-36-23)18-9-17(24(41)39-33)13-35-21(18)8-16-11-27(2,3)40(6)28(4,5)12-16/h9-10,13-16H,7-8,11-12,33H2,1-6H3,(H,39,41)(H2,34,36,38,42). The van der Waals surface area contributed by atoms with Crippen LogP contribution in [0.2, 0.25) is 0 Å². The van der Waals surface area contributed by atoms with E-state index < -0.39 is 23.8 Å². The number of alkyl halides is 3. The van der Waals surface area contributed by atoms with E-state index in [0.29, 0.717) is 35.3 Å². The number of urea groups is 1. The Bertz CT molecular complexity index is 1490. The SMILES string of the molecule is CCNC(=O)Nc1cc(-c2nc(C(F)(F)F)cs2)c(-c2cc(C(=O)NN)cnc2CC2CC(C)(C)N(C)C(C)(C)C2)cn1. The first kappa shape index (κ1) is 32.3. The topological polar surface area (TPSA) is 138 Å². The second kappa shape index (κ2) is 12.2. The van der Waals surface area contributed by atoms with Crippen molar-refractivity contribution in [3.63, 3.8) is 0 Å². The number of carbonyl (C=O) groups is 2. The summed E-state index contributed by atoms with van der Waals surface area (Å²) in [5.41, 5.74) is 3.00. The van der Waals surface area contributed by atoms with Gasteiger partial charge in [0, 0.05) is 57.8 Å². The van der Waals surface area contributed by atoms with Crippen molar-refractivity contribution in [3.8, 4) is 21.7 Å². The fraction of sp³-hybridized carbons (Fsp3) is 0.483. The molecule has 0 bridgehead atoms. The molecule has 1 aliphatic heterocycles. The van der Waals surface area contributed by atoms with Crippen molar-refractivity contribution in [2.75, 3.05) is 18.9 Å². The number of hydrazine groups is 1. The second-order valence-corrected chi connectivity index (χ2v) is 12.8. The summed E-state index contributed by atoms with van der Waals surface area (Å²) in [7, 11) is 2.12. The Morgan fingerprint density at radius 2 is 1.74 bits per heavy atom. The molecule has 43 heavy (non-hydrogen) atoms. The zero-order valence-electron chi connectivity index (χ0n) is 25.0. The lowest BCUT2D eigenvalue weighted by Gasteiger charge is -2.53. The molecule has 0 aromatic carbocycles. The van der Waals surface area contributed by atoms with E-state index in [9.17, 15) is 22.8 Å². The van der Waals surface area contributed by atoms with Gasteiger partial charge in [0.2, 0.25) is 0 Å². The third-order valence-corrected chi connectivity index (χ3v) is 8.91. The van der Waals surface area contributed by atoms with Crippen molar-refractivity contribution in [2.24, 2.45) is 11.8 Å². The molecule has 0 unspecified atom stereocenters. The van der Waals surface area contributed by atoms with Crippen LogP contribution in [0.1, 0.15) is 69.2 Å². The van der Waals surface area contributed by atoms with Crippen molar-refractivity contribution in [2.45, 2.75) is 71.1 Å². The maximum atomic E-state index is 13.5. The van der Waals surface area contributed by atoms with Gasteiger partial charge in [0.05, 0.1) is 5.56 Å². The van der Waals surface area contributed by atoms with Crippen LogP contribution in [0.25, 0.3) is 21.7 Å². The van der Waals surface area contributed by atoms with Crippen LogP contribution >= 0.6 is 11.3 Å². The molecule has 3 aromatic rings. The monoisotopic (exact) mass is 618 g/mol. The molecule has 1 fully saturated rings. The number of pyridine rings is 2. The van der Waals surface area contributed by atoms with E-state index in [0.717, 1.165) is 29.6 Å². The van der Waals surface area contributed by atoms with Gasteiger partial charge in [-0.3, -0.25) is 25.4 Å². The Morgan fingerprint density at radius 3 is 2.33 bits per heavy atom. The van der Waals surface area contributed by atoms with Gasteiger partial charge in [-0.1, -0.05) is 0 Å². The van der Waals surface area contributed by atoms with Gasteiger partial charge in [-0.2, -0.15) is 13.2 Å². The third kappa shape index (κ3) is 7.13. The van der Waals surface area contributed by atoms with Gasteiger partial charge in [0.15, 0.2) is 5.69 Å². The molecule has 0 spiro atoms. The van der Waals surface area contributed by atoms with E-state index in [2.05, 4.69) is 70.7 Å². The Balaban J connectivity index is 1.87. The molecule has 0 atom stereocenters. The van der Waals surface area contributed by atoms with Gasteiger partial charge in [-0.25, -0.2) is 20.6 Å². The van der Waals surface area contributed by atoms with E-state index >= 15 is 0 Å². The fourth-order valence-electron chi connectivity index (χ4n) is 5.86. The first-order valence-electron chi connectivity index (χ1n) is 13.9. The van der Waals surface area contributed by atoms with Crippen molar-refractivity contribution in [3.05, 3.63) is 46.9 Å². The fourth-order valence-corrected chi connectivity index (χ4v) is 6.71. The molecule has 4 rings (SSSR count). The molecule has 0 aliphatic carbocycles. The van der Waals surface area contributed by atoms with Gasteiger partial charge in [-0.15, -0.1) is 11.3 Å². The molecular formula is C29H37F3N8O2S. The average molecular weight is 619 g/mol. The highest BCUT2D eigenvalue weighted by atomic mass is 32.1. The highest BCUT2D eigenvalue weighted by Crippen LogP contribution is 2.43. The minimum atomic E-state index is -4.64. The first-order chi connectivity index (χ1) is 20.1. The number of nitrogens with two attached hydrogens (primary N) is 1. The number of nitrogens with one attached hydrogen (secondary N) is 3. The van der Waals surface area contributed by atoms with Crippen molar-refractivity contribution >= 4 is 29.1 Å². The molecule has 0 radical (unpaired) electrons. The number of nitrogen functional groups attached to an aromatic ring is 1. The van der Waals surface area contributed by atoms with Crippen LogP contribution in [0.5, 0.6) is 0 Å². The highest BCUT2D eigenvalue weighted by Gasteiger charge is 2.43. The number of anilines is 1. The number of rotatable bonds is 7. The Labute approximate surface area is 252 Å².